The Hall–Kier alpha value is -9.86. The number of aliphatic hydroxyl groups is 2. The van der Waals surface area contributed by atoms with Gasteiger partial charge in [0, 0.05) is 75.5 Å². The van der Waals surface area contributed by atoms with Crippen molar-refractivity contribution in [3.63, 3.8) is 0 Å². The van der Waals surface area contributed by atoms with Gasteiger partial charge in [0.05, 0.1) is 40.5 Å². The Morgan fingerprint density at radius 1 is 0.602 bits per heavy atom. The number of fused-ring (bicyclic) bond motifs is 2. The van der Waals surface area contributed by atoms with Crippen molar-refractivity contribution in [2.45, 2.75) is 43.7 Å². The summed E-state index contributed by atoms with van der Waals surface area (Å²) in [5.74, 6) is -1.76. The van der Waals surface area contributed by atoms with E-state index in [-0.39, 0.29) is 104 Å². The van der Waals surface area contributed by atoms with Gasteiger partial charge >= 0.3 is 13.2 Å². The molecule has 2 aliphatic rings. The highest BCUT2D eigenvalue weighted by Crippen LogP contribution is 2.45. The molecule has 1 aliphatic heterocycles. The van der Waals surface area contributed by atoms with E-state index in [1.54, 1.807) is 45.7 Å². The number of carbonyl (C=O) groups is 2. The van der Waals surface area contributed by atoms with E-state index >= 15 is 0 Å². The summed E-state index contributed by atoms with van der Waals surface area (Å²) in [5.41, 5.74) is -0.444. The van der Waals surface area contributed by atoms with Crippen LogP contribution in [0.15, 0.2) is 135 Å². The molecule has 12 rings (SSSR count). The van der Waals surface area contributed by atoms with Crippen LogP contribution in [0.5, 0.6) is 34.5 Å². The average molecular weight is 1140 g/mol. The molecule has 1 saturated carbocycles. The van der Waals surface area contributed by atoms with Gasteiger partial charge in [0.15, 0.2) is 11.3 Å². The minimum Gasteiger partial charge on any atom is -0.457 e. The molecule has 83 heavy (non-hydrogen) atoms. The van der Waals surface area contributed by atoms with Crippen LogP contribution >= 0.6 is 0 Å². The number of hydrogen-bond donors (Lipinski definition) is 4. The van der Waals surface area contributed by atoms with Gasteiger partial charge in [-0.05, 0) is 111 Å². The zero-order valence-electron chi connectivity index (χ0n) is 43.9. The molecule has 7 heterocycles. The number of likely N-dealkylation sites (tertiary alicyclic amines) is 1. The first-order chi connectivity index (χ1) is 39.8. The van der Waals surface area contributed by atoms with Crippen LogP contribution in [0.1, 0.15) is 51.1 Å². The van der Waals surface area contributed by atoms with E-state index in [4.69, 9.17) is 18.9 Å². The standard InChI is InChI=1S/C28H24F3N7O4.C28H23F3N6O4/c1-36-14-28(40,15-36)20-11-17(4-6-21(20)29)41-16-5-7-23(42-27(30)31)18(10-16)24-22(13-37(2)35-24)34-26(39)19-12-33-38-9-3-8-32-25(19)38;1-36-15-22(34-26(38)19-14-33-37-11-3-10-32-25(19)37)24(35-36)18-12-16(5-7-23(18)41-27(30)31)40-17-4-6-21(29)20(13-17)28(39)8-2-9-28/h3-13,27,40H,14-15H2,1-2H3,(H,34,39);3-7,10-15,27,39H,2,8-9H2,1H3,(H,34,38). The van der Waals surface area contributed by atoms with Gasteiger partial charge in [-0.1, -0.05) is 0 Å². The van der Waals surface area contributed by atoms with Crippen LogP contribution in [0.3, 0.4) is 0 Å². The highest BCUT2D eigenvalue weighted by Gasteiger charge is 2.43. The largest absolute Gasteiger partial charge is 0.457 e. The molecule has 27 heteroatoms. The van der Waals surface area contributed by atoms with E-state index in [2.05, 4.69) is 41.0 Å². The number of aromatic nitrogens is 10. The second-order valence-electron chi connectivity index (χ2n) is 19.6. The molecule has 4 aromatic carbocycles. The number of β-amino-alcohol motifs (C(OH)–C–C–N with tert-alkyl or cyclic N) is 1. The number of benzene rings is 4. The van der Waals surface area contributed by atoms with E-state index < -0.39 is 47.9 Å². The highest BCUT2D eigenvalue weighted by molar-refractivity contribution is 6.10. The van der Waals surface area contributed by atoms with Gasteiger partial charge in [-0.3, -0.25) is 23.9 Å². The Morgan fingerprint density at radius 2 is 1.02 bits per heavy atom. The lowest BCUT2D eigenvalue weighted by Crippen LogP contribution is -2.57. The summed E-state index contributed by atoms with van der Waals surface area (Å²) in [5, 5.41) is 43.9. The first-order valence-electron chi connectivity index (χ1n) is 25.3. The van der Waals surface area contributed by atoms with Crippen molar-refractivity contribution in [2.24, 2.45) is 14.1 Å². The Morgan fingerprint density at radius 3 is 1.43 bits per heavy atom. The summed E-state index contributed by atoms with van der Waals surface area (Å²) in [6, 6.07) is 19.6. The topological polar surface area (TPSA) is 235 Å². The van der Waals surface area contributed by atoms with Crippen molar-refractivity contribution in [1.82, 2.24) is 53.7 Å². The van der Waals surface area contributed by atoms with E-state index in [0.717, 1.165) is 6.42 Å². The van der Waals surface area contributed by atoms with Crippen LogP contribution in [-0.2, 0) is 25.3 Å². The van der Waals surface area contributed by atoms with Gasteiger partial charge < -0.3 is 39.8 Å². The normalized spacial score (nSPS) is 14.4. The van der Waals surface area contributed by atoms with E-state index in [0.29, 0.717) is 24.1 Å². The Bertz CT molecular complexity index is 4080. The monoisotopic (exact) mass is 1140 g/mol. The number of rotatable bonds is 16. The molecule has 0 bridgehead atoms. The summed E-state index contributed by atoms with van der Waals surface area (Å²) in [6.07, 6.45) is 13.8. The SMILES string of the molecule is CN1CC(O)(c2cc(Oc3ccc(OC(F)F)c(-c4nn(C)cc4NC(=O)c4cnn5cccnc45)c3)ccc2F)C1.Cn1cc(NC(=O)c2cnn3cccnc23)c(-c2cc(Oc3ccc(F)c(C4(O)CCC4)c3)ccc2OC(F)F)n1. The number of halogens is 6. The molecule has 0 atom stereocenters. The van der Waals surface area contributed by atoms with Gasteiger partial charge in [0.2, 0.25) is 0 Å². The minimum atomic E-state index is -3.14. The fourth-order valence-corrected chi connectivity index (χ4v) is 9.74. The van der Waals surface area contributed by atoms with Crippen LogP contribution in [0.25, 0.3) is 33.8 Å². The lowest BCUT2D eigenvalue weighted by Gasteiger charge is -2.44. The summed E-state index contributed by atoms with van der Waals surface area (Å²) < 4.78 is 109. The van der Waals surface area contributed by atoms with Crippen LogP contribution in [0.2, 0.25) is 0 Å². The quantitative estimate of drug-likeness (QED) is 0.0660. The van der Waals surface area contributed by atoms with Gasteiger partial charge in [0.25, 0.3) is 11.8 Å². The molecule has 0 radical (unpaired) electrons. The molecule has 10 aromatic rings. The number of anilines is 2. The zero-order valence-corrected chi connectivity index (χ0v) is 43.9. The maximum absolute atomic E-state index is 14.6. The second kappa shape index (κ2) is 22.2. The molecule has 2 fully saturated rings. The van der Waals surface area contributed by atoms with Crippen LogP contribution in [-0.4, -0.2) is 109 Å². The Balaban J connectivity index is 0.000000174. The number of nitrogens with zero attached hydrogens (tertiary/aromatic N) is 11. The van der Waals surface area contributed by atoms with Crippen molar-refractivity contribution >= 4 is 34.5 Å². The van der Waals surface area contributed by atoms with Gasteiger partial charge in [-0.25, -0.2) is 27.8 Å². The molecule has 1 saturated heterocycles. The van der Waals surface area contributed by atoms with Gasteiger partial charge in [-0.2, -0.15) is 38.0 Å². The smallest absolute Gasteiger partial charge is 0.387 e. The van der Waals surface area contributed by atoms with Gasteiger partial charge in [-0.15, -0.1) is 0 Å². The molecule has 1 aliphatic carbocycles. The van der Waals surface area contributed by atoms with Crippen LogP contribution < -0.4 is 29.6 Å². The van der Waals surface area contributed by atoms with Crippen molar-refractivity contribution < 1.29 is 65.1 Å². The summed E-state index contributed by atoms with van der Waals surface area (Å²) >= 11 is 0. The third kappa shape index (κ3) is 11.4. The zero-order chi connectivity index (χ0) is 58.3. The fourth-order valence-electron chi connectivity index (χ4n) is 9.74. The number of nitrogens with one attached hydrogen (secondary N) is 2. The molecular weight excluding hydrogens is 1100 g/mol. The lowest BCUT2D eigenvalue weighted by molar-refractivity contribution is -0.0941. The molecule has 4 N–H and O–H groups in total. The number of carbonyl (C=O) groups excluding carboxylic acids is 2. The van der Waals surface area contributed by atoms with Crippen molar-refractivity contribution in [1.29, 1.82) is 0 Å². The predicted octanol–water partition coefficient (Wildman–Crippen LogP) is 9.33. The van der Waals surface area contributed by atoms with Crippen molar-refractivity contribution in [2.75, 3.05) is 30.8 Å². The third-order valence-corrected chi connectivity index (χ3v) is 13.6. The first-order valence-corrected chi connectivity index (χ1v) is 25.3. The van der Waals surface area contributed by atoms with Crippen molar-refractivity contribution in [3.8, 4) is 57.0 Å². The van der Waals surface area contributed by atoms with Gasteiger partial charge in [0.1, 0.15) is 74.2 Å². The Kier molecular flexibility index (Phi) is 14.8. The number of likely N-dealkylation sites (N-methyl/N-ethyl adjacent to an activating group) is 1. The average Bonchev–Trinajstić information content (AvgIpc) is 4.48. The number of alkyl halides is 4. The molecule has 2 amide bonds. The highest BCUT2D eigenvalue weighted by atomic mass is 19.3. The summed E-state index contributed by atoms with van der Waals surface area (Å²) in [4.78, 5) is 36.5. The third-order valence-electron chi connectivity index (χ3n) is 13.6. The number of ether oxygens (including phenoxy) is 4. The van der Waals surface area contributed by atoms with E-state index in [1.807, 2.05) is 4.90 Å². The number of hydrogen-bond acceptors (Lipinski definition) is 15. The fraction of sp³-hybridized carbons (Fsp3) is 0.214. The predicted molar refractivity (Wildman–Crippen MR) is 285 cm³/mol. The molecule has 0 unspecified atom stereocenters. The summed E-state index contributed by atoms with van der Waals surface area (Å²) in [7, 11) is 5.02. The lowest BCUT2D eigenvalue weighted by atomic mass is 9.75. The molecule has 6 aromatic heterocycles. The van der Waals surface area contributed by atoms with E-state index in [9.17, 15) is 46.1 Å². The maximum atomic E-state index is 14.6. The van der Waals surface area contributed by atoms with E-state index in [1.165, 1.54) is 128 Å². The Labute approximate surface area is 465 Å². The maximum Gasteiger partial charge on any atom is 0.387 e. The van der Waals surface area contributed by atoms with Crippen molar-refractivity contribution in [3.05, 3.63) is 168 Å². The molecule has 0 spiro atoms. The number of amides is 2. The summed E-state index contributed by atoms with van der Waals surface area (Å²) in [6.45, 7) is -5.74. The minimum absolute atomic E-state index is 0.0906. The molecule has 426 valence electrons. The van der Waals surface area contributed by atoms with Crippen LogP contribution in [0, 0.1) is 11.6 Å². The van der Waals surface area contributed by atoms with Crippen LogP contribution in [0.4, 0.5) is 37.7 Å². The molecule has 21 nitrogen and oxygen atoms in total. The first kappa shape index (κ1) is 55.1. The number of aryl methyl sites for hydroxylation is 2. The molecular formula is C56H47F6N13O8. The second-order valence-corrected chi connectivity index (χ2v) is 19.6.